The summed E-state index contributed by atoms with van der Waals surface area (Å²) < 4.78 is 5.67. The fraction of sp³-hybridized carbons (Fsp3) is 0.222. The second-order valence-electron chi connectivity index (χ2n) is 5.39. The Balaban J connectivity index is 1.87. The molecule has 0 radical (unpaired) electrons. The first kappa shape index (κ1) is 16.5. The van der Waals surface area contributed by atoms with Crippen molar-refractivity contribution >= 4 is 17.5 Å². The summed E-state index contributed by atoms with van der Waals surface area (Å²) in [5.41, 5.74) is 0.618. The van der Waals surface area contributed by atoms with E-state index in [1.807, 2.05) is 44.2 Å². The third kappa shape index (κ3) is 5.82. The molecule has 0 unspecified atom stereocenters. The zero-order chi connectivity index (χ0) is 16.7. The van der Waals surface area contributed by atoms with Crippen LogP contribution in [0.2, 0.25) is 0 Å². The van der Waals surface area contributed by atoms with Gasteiger partial charge in [-0.15, -0.1) is 0 Å². The minimum atomic E-state index is -0.347. The van der Waals surface area contributed by atoms with Crippen LogP contribution in [0, 0.1) is 0 Å². The van der Waals surface area contributed by atoms with E-state index in [1.54, 1.807) is 24.3 Å². The molecule has 0 fully saturated rings. The Morgan fingerprint density at radius 3 is 2.13 bits per heavy atom. The lowest BCUT2D eigenvalue weighted by atomic mass is 10.2. The van der Waals surface area contributed by atoms with Gasteiger partial charge in [0, 0.05) is 11.7 Å². The molecule has 0 bridgehead atoms. The number of ether oxygens (including phenoxy) is 1. The molecule has 0 aliphatic rings. The van der Waals surface area contributed by atoms with Gasteiger partial charge >= 0.3 is 0 Å². The normalized spacial score (nSPS) is 10.2. The van der Waals surface area contributed by atoms with Crippen molar-refractivity contribution in [1.82, 2.24) is 5.32 Å². The largest absolute Gasteiger partial charge is 0.457 e. The molecule has 0 saturated carbocycles. The van der Waals surface area contributed by atoms with E-state index < -0.39 is 0 Å². The highest BCUT2D eigenvalue weighted by molar-refractivity contribution is 6.03. The molecule has 0 aromatic heterocycles. The summed E-state index contributed by atoms with van der Waals surface area (Å²) in [6.45, 7) is 3.70. The molecule has 2 aromatic rings. The molecule has 0 saturated heterocycles. The Kier molecular flexibility index (Phi) is 5.74. The van der Waals surface area contributed by atoms with Crippen LogP contribution < -0.4 is 15.4 Å². The highest BCUT2D eigenvalue weighted by atomic mass is 16.5. The Morgan fingerprint density at radius 1 is 0.913 bits per heavy atom. The van der Waals surface area contributed by atoms with Crippen LogP contribution in [0.15, 0.2) is 54.6 Å². The molecular formula is C18H20N2O3. The van der Waals surface area contributed by atoms with E-state index in [0.717, 1.165) is 5.75 Å². The van der Waals surface area contributed by atoms with E-state index >= 15 is 0 Å². The van der Waals surface area contributed by atoms with Gasteiger partial charge in [0.1, 0.15) is 17.9 Å². The van der Waals surface area contributed by atoms with Crippen molar-refractivity contribution in [2.75, 3.05) is 5.32 Å². The molecule has 2 rings (SSSR count). The molecule has 5 nitrogen and oxygen atoms in total. The average molecular weight is 312 g/mol. The molecule has 5 heteroatoms. The highest BCUT2D eigenvalue weighted by Crippen LogP contribution is 2.22. The molecule has 0 spiro atoms. The standard InChI is InChI=1S/C18H20N2O3/c1-13(2)19-17(21)12-18(22)20-14-8-10-16(11-9-14)23-15-6-4-3-5-7-15/h3-11,13H,12H2,1-2H3,(H,19,21)(H,20,22). The van der Waals surface area contributed by atoms with Crippen molar-refractivity contribution < 1.29 is 14.3 Å². The summed E-state index contributed by atoms with van der Waals surface area (Å²) in [7, 11) is 0. The fourth-order valence-corrected chi connectivity index (χ4v) is 1.95. The maximum absolute atomic E-state index is 11.8. The lowest BCUT2D eigenvalue weighted by molar-refractivity contribution is -0.127. The molecule has 2 amide bonds. The third-order valence-electron chi connectivity index (χ3n) is 2.89. The number of hydrogen-bond donors (Lipinski definition) is 2. The van der Waals surface area contributed by atoms with Gasteiger partial charge in [-0.3, -0.25) is 9.59 Å². The average Bonchev–Trinajstić information content (AvgIpc) is 2.49. The van der Waals surface area contributed by atoms with Crippen LogP contribution in [0.1, 0.15) is 20.3 Å². The number of amides is 2. The predicted molar refractivity (Wildman–Crippen MR) is 89.5 cm³/mol. The van der Waals surface area contributed by atoms with Crippen molar-refractivity contribution in [2.45, 2.75) is 26.3 Å². The van der Waals surface area contributed by atoms with E-state index in [4.69, 9.17) is 4.74 Å². The maximum atomic E-state index is 11.8. The Labute approximate surface area is 135 Å². The predicted octanol–water partition coefficient (Wildman–Crippen LogP) is 3.33. The number of rotatable bonds is 6. The summed E-state index contributed by atoms with van der Waals surface area (Å²) in [5.74, 6) is 0.780. The van der Waals surface area contributed by atoms with Gasteiger partial charge in [0.15, 0.2) is 0 Å². The molecule has 0 heterocycles. The quantitative estimate of drug-likeness (QED) is 0.804. The second kappa shape index (κ2) is 7.98. The number of nitrogens with one attached hydrogen (secondary N) is 2. The first-order chi connectivity index (χ1) is 11.0. The maximum Gasteiger partial charge on any atom is 0.233 e. The van der Waals surface area contributed by atoms with Crippen LogP contribution in [0.3, 0.4) is 0 Å². The number of hydrogen-bond acceptors (Lipinski definition) is 3. The van der Waals surface area contributed by atoms with Crippen LogP contribution in [0.4, 0.5) is 5.69 Å². The smallest absolute Gasteiger partial charge is 0.233 e. The van der Waals surface area contributed by atoms with E-state index in [2.05, 4.69) is 10.6 Å². The van der Waals surface area contributed by atoms with E-state index in [-0.39, 0.29) is 24.3 Å². The lowest BCUT2D eigenvalue weighted by Crippen LogP contribution is -2.33. The van der Waals surface area contributed by atoms with Crippen LogP contribution >= 0.6 is 0 Å². The van der Waals surface area contributed by atoms with Crippen LogP contribution in [-0.4, -0.2) is 17.9 Å². The topological polar surface area (TPSA) is 67.4 Å². The van der Waals surface area contributed by atoms with Crippen molar-refractivity contribution in [3.63, 3.8) is 0 Å². The second-order valence-corrected chi connectivity index (χ2v) is 5.39. The van der Waals surface area contributed by atoms with Gasteiger partial charge in [-0.05, 0) is 50.2 Å². The van der Waals surface area contributed by atoms with Crippen molar-refractivity contribution in [1.29, 1.82) is 0 Å². The fourth-order valence-electron chi connectivity index (χ4n) is 1.95. The zero-order valence-corrected chi connectivity index (χ0v) is 13.2. The van der Waals surface area contributed by atoms with Gasteiger partial charge in [-0.2, -0.15) is 0 Å². The van der Waals surface area contributed by atoms with Crippen LogP contribution in [0.25, 0.3) is 0 Å². The summed E-state index contributed by atoms with van der Waals surface area (Å²) in [6.07, 6.45) is -0.194. The summed E-state index contributed by atoms with van der Waals surface area (Å²) in [4.78, 5) is 23.3. The number of anilines is 1. The Hall–Kier alpha value is -2.82. The molecule has 0 aliphatic carbocycles. The molecule has 2 aromatic carbocycles. The monoisotopic (exact) mass is 312 g/mol. The van der Waals surface area contributed by atoms with Gasteiger partial charge in [-0.25, -0.2) is 0 Å². The van der Waals surface area contributed by atoms with E-state index in [1.165, 1.54) is 0 Å². The van der Waals surface area contributed by atoms with Crippen molar-refractivity contribution in [3.05, 3.63) is 54.6 Å². The number of carbonyl (C=O) groups excluding carboxylic acids is 2. The molecule has 23 heavy (non-hydrogen) atoms. The molecule has 2 N–H and O–H groups in total. The number of para-hydroxylation sites is 1. The summed E-state index contributed by atoms with van der Waals surface area (Å²) in [6, 6.07) is 16.4. The van der Waals surface area contributed by atoms with Crippen LogP contribution in [0.5, 0.6) is 11.5 Å². The zero-order valence-electron chi connectivity index (χ0n) is 13.2. The number of benzene rings is 2. The minimum Gasteiger partial charge on any atom is -0.457 e. The summed E-state index contributed by atoms with van der Waals surface area (Å²) >= 11 is 0. The molecule has 0 atom stereocenters. The molecule has 120 valence electrons. The van der Waals surface area contributed by atoms with Crippen LogP contribution in [-0.2, 0) is 9.59 Å². The molecule has 0 aliphatic heterocycles. The van der Waals surface area contributed by atoms with Gasteiger partial charge in [-0.1, -0.05) is 18.2 Å². The third-order valence-corrected chi connectivity index (χ3v) is 2.89. The van der Waals surface area contributed by atoms with E-state index in [0.29, 0.717) is 11.4 Å². The van der Waals surface area contributed by atoms with Crippen molar-refractivity contribution in [3.8, 4) is 11.5 Å². The number of carbonyl (C=O) groups is 2. The lowest BCUT2D eigenvalue weighted by Gasteiger charge is -2.09. The van der Waals surface area contributed by atoms with Crippen molar-refractivity contribution in [2.24, 2.45) is 0 Å². The van der Waals surface area contributed by atoms with Gasteiger partial charge < -0.3 is 15.4 Å². The van der Waals surface area contributed by atoms with Gasteiger partial charge in [0.2, 0.25) is 11.8 Å². The van der Waals surface area contributed by atoms with Gasteiger partial charge in [0.25, 0.3) is 0 Å². The highest BCUT2D eigenvalue weighted by Gasteiger charge is 2.10. The summed E-state index contributed by atoms with van der Waals surface area (Å²) in [5, 5.41) is 5.36. The van der Waals surface area contributed by atoms with E-state index in [9.17, 15) is 9.59 Å². The first-order valence-electron chi connectivity index (χ1n) is 7.45. The molecular weight excluding hydrogens is 292 g/mol. The SMILES string of the molecule is CC(C)NC(=O)CC(=O)Nc1ccc(Oc2ccccc2)cc1. The minimum absolute atomic E-state index is 0.0183. The first-order valence-corrected chi connectivity index (χ1v) is 7.45. The Morgan fingerprint density at radius 2 is 1.52 bits per heavy atom. The van der Waals surface area contributed by atoms with Gasteiger partial charge in [0.05, 0.1) is 0 Å². The Bertz CT molecular complexity index is 652.